The van der Waals surface area contributed by atoms with Gasteiger partial charge in [0.15, 0.2) is 0 Å². The molecule has 2 aliphatic rings. The van der Waals surface area contributed by atoms with Gasteiger partial charge in [0.25, 0.3) is 0 Å². The number of fused-ring (bicyclic) bond motifs is 1. The van der Waals surface area contributed by atoms with Gasteiger partial charge in [0.2, 0.25) is 23.6 Å². The van der Waals surface area contributed by atoms with Gasteiger partial charge in [-0.2, -0.15) is 0 Å². The Balaban J connectivity index is 1.59. The first-order chi connectivity index (χ1) is 18.8. The Morgan fingerprint density at radius 3 is 2.26 bits per heavy atom. The van der Waals surface area contributed by atoms with Crippen molar-refractivity contribution in [2.45, 2.75) is 64.6 Å². The van der Waals surface area contributed by atoms with Crippen molar-refractivity contribution in [3.63, 3.8) is 0 Å². The number of carbonyl (C=O) groups excluding carboxylic acids is 4. The van der Waals surface area contributed by atoms with Gasteiger partial charge in [0.1, 0.15) is 6.04 Å². The van der Waals surface area contributed by atoms with E-state index in [-0.39, 0.29) is 61.0 Å². The van der Waals surface area contributed by atoms with Crippen LogP contribution in [0.2, 0.25) is 5.02 Å². The van der Waals surface area contributed by atoms with Crippen LogP contribution in [0.3, 0.4) is 0 Å². The van der Waals surface area contributed by atoms with Crippen LogP contribution in [0, 0.1) is 11.8 Å². The van der Waals surface area contributed by atoms with Gasteiger partial charge >= 0.3 is 0 Å². The predicted octanol–water partition coefficient (Wildman–Crippen LogP) is 4.54. The minimum atomic E-state index is -0.787. The lowest BCUT2D eigenvalue weighted by Crippen LogP contribution is -2.52. The maximum Gasteiger partial charge on any atom is 0.243 e. The molecule has 4 atom stereocenters. The van der Waals surface area contributed by atoms with Crippen molar-refractivity contribution in [1.82, 2.24) is 15.1 Å². The summed E-state index contributed by atoms with van der Waals surface area (Å²) < 4.78 is 0. The topological polar surface area (TPSA) is 86.8 Å². The summed E-state index contributed by atoms with van der Waals surface area (Å²) in [7, 11) is 0. The van der Waals surface area contributed by atoms with Crippen molar-refractivity contribution in [3.05, 3.63) is 82.9 Å². The van der Waals surface area contributed by atoms with E-state index in [0.717, 1.165) is 17.5 Å². The molecular formula is C31H36ClN3O4. The van der Waals surface area contributed by atoms with Crippen LogP contribution in [0.15, 0.2) is 66.7 Å². The Morgan fingerprint density at radius 2 is 1.64 bits per heavy atom. The highest BCUT2D eigenvalue weighted by Gasteiger charge is 2.47. The third-order valence-corrected chi connectivity index (χ3v) is 7.90. The minimum Gasteiger partial charge on any atom is -0.352 e. The van der Waals surface area contributed by atoms with E-state index < -0.39 is 6.04 Å². The lowest BCUT2D eigenvalue weighted by atomic mass is 9.85. The molecule has 1 saturated heterocycles. The standard InChI is InChI=1S/C31H36ClN3O4/c1-3-21(2)33-29(37)27(19-22-10-5-4-6-11-22)35(20-23-12-9-13-24(32)18-23)28(36)16-17-34-30(38)25-14-7-8-15-26(25)31(34)39/h4-13,18,21,25-27H,3,14-17,19-20H2,1-2H3,(H,33,37)/t21-,25-,26+,27-/m0/s1. The Morgan fingerprint density at radius 1 is 1.00 bits per heavy atom. The fourth-order valence-corrected chi connectivity index (χ4v) is 5.48. The third kappa shape index (κ3) is 6.95. The predicted molar refractivity (Wildman–Crippen MR) is 151 cm³/mol. The highest BCUT2D eigenvalue weighted by Crippen LogP contribution is 2.35. The number of benzene rings is 2. The van der Waals surface area contributed by atoms with Gasteiger partial charge < -0.3 is 10.2 Å². The number of hydrogen-bond acceptors (Lipinski definition) is 4. The molecule has 1 fully saturated rings. The molecule has 0 unspecified atom stereocenters. The first kappa shape index (κ1) is 28.6. The number of halogens is 1. The number of allylic oxidation sites excluding steroid dienone is 2. The maximum absolute atomic E-state index is 13.9. The van der Waals surface area contributed by atoms with Crippen molar-refractivity contribution in [1.29, 1.82) is 0 Å². The lowest BCUT2D eigenvalue weighted by Gasteiger charge is -2.33. The molecule has 0 spiro atoms. The summed E-state index contributed by atoms with van der Waals surface area (Å²) >= 11 is 6.24. The Labute approximate surface area is 235 Å². The van der Waals surface area contributed by atoms with Crippen LogP contribution in [0.4, 0.5) is 0 Å². The number of hydrogen-bond donors (Lipinski definition) is 1. The van der Waals surface area contributed by atoms with Crippen molar-refractivity contribution < 1.29 is 19.2 Å². The second kappa shape index (κ2) is 13.1. The second-order valence-corrected chi connectivity index (χ2v) is 10.8. The molecule has 1 aliphatic heterocycles. The summed E-state index contributed by atoms with van der Waals surface area (Å²) in [4.78, 5) is 56.2. The molecular weight excluding hydrogens is 514 g/mol. The van der Waals surface area contributed by atoms with Gasteiger partial charge in [0.05, 0.1) is 11.8 Å². The van der Waals surface area contributed by atoms with Gasteiger partial charge in [-0.3, -0.25) is 24.1 Å². The summed E-state index contributed by atoms with van der Waals surface area (Å²) in [5, 5.41) is 3.58. The molecule has 4 rings (SSSR count). The highest BCUT2D eigenvalue weighted by molar-refractivity contribution is 6.30. The Hall–Kier alpha value is -3.45. The monoisotopic (exact) mass is 549 g/mol. The molecule has 0 aromatic heterocycles. The second-order valence-electron chi connectivity index (χ2n) is 10.4. The summed E-state index contributed by atoms with van der Waals surface area (Å²) in [6.07, 6.45) is 6.00. The fraction of sp³-hybridized carbons (Fsp3) is 0.419. The van der Waals surface area contributed by atoms with Crippen LogP contribution >= 0.6 is 11.6 Å². The van der Waals surface area contributed by atoms with Gasteiger partial charge in [-0.15, -0.1) is 0 Å². The molecule has 4 amide bonds. The van der Waals surface area contributed by atoms with E-state index >= 15 is 0 Å². The maximum atomic E-state index is 13.9. The molecule has 2 aromatic carbocycles. The average molecular weight is 550 g/mol. The zero-order chi connectivity index (χ0) is 27.9. The van der Waals surface area contributed by atoms with E-state index in [1.165, 1.54) is 4.90 Å². The molecule has 0 saturated carbocycles. The van der Waals surface area contributed by atoms with Crippen molar-refractivity contribution in [3.8, 4) is 0 Å². The Bertz CT molecular complexity index is 1210. The van der Waals surface area contributed by atoms with Crippen LogP contribution in [-0.2, 0) is 32.1 Å². The molecule has 1 aliphatic carbocycles. The van der Waals surface area contributed by atoms with Crippen LogP contribution < -0.4 is 5.32 Å². The van der Waals surface area contributed by atoms with Crippen LogP contribution in [-0.4, -0.2) is 52.1 Å². The molecule has 206 valence electrons. The number of nitrogens with one attached hydrogen (secondary N) is 1. The first-order valence-corrected chi connectivity index (χ1v) is 14.0. The smallest absolute Gasteiger partial charge is 0.243 e. The summed E-state index contributed by atoms with van der Waals surface area (Å²) in [5.41, 5.74) is 1.71. The number of imide groups is 1. The van der Waals surface area contributed by atoms with E-state index in [4.69, 9.17) is 11.6 Å². The number of nitrogens with zero attached hydrogens (tertiary/aromatic N) is 2. The highest BCUT2D eigenvalue weighted by atomic mass is 35.5. The SMILES string of the molecule is CC[C@H](C)NC(=O)[C@H](Cc1ccccc1)N(Cc1cccc(Cl)c1)C(=O)CCN1C(=O)[C@H]2CC=CC[C@H]2C1=O. The van der Waals surface area contributed by atoms with Crippen molar-refractivity contribution >= 4 is 35.2 Å². The van der Waals surface area contributed by atoms with E-state index in [2.05, 4.69) is 5.32 Å². The van der Waals surface area contributed by atoms with Crippen molar-refractivity contribution in [2.75, 3.05) is 6.54 Å². The first-order valence-electron chi connectivity index (χ1n) is 13.7. The summed E-state index contributed by atoms with van der Waals surface area (Å²) in [6, 6.07) is 15.9. The average Bonchev–Trinajstić information content (AvgIpc) is 3.18. The Kier molecular flexibility index (Phi) is 9.57. The fourth-order valence-electron chi connectivity index (χ4n) is 5.27. The van der Waals surface area contributed by atoms with E-state index in [1.807, 2.05) is 68.5 Å². The molecule has 2 aromatic rings. The molecule has 8 heteroatoms. The van der Waals surface area contributed by atoms with Crippen LogP contribution in [0.1, 0.15) is 50.7 Å². The largest absolute Gasteiger partial charge is 0.352 e. The molecule has 1 N–H and O–H groups in total. The van der Waals surface area contributed by atoms with E-state index in [1.54, 1.807) is 17.0 Å². The number of likely N-dealkylation sites (tertiary alicyclic amines) is 1. The molecule has 7 nitrogen and oxygen atoms in total. The van der Waals surface area contributed by atoms with Gasteiger partial charge in [0, 0.05) is 37.0 Å². The van der Waals surface area contributed by atoms with Crippen LogP contribution in [0.25, 0.3) is 0 Å². The molecule has 0 radical (unpaired) electrons. The van der Waals surface area contributed by atoms with Gasteiger partial charge in [-0.05, 0) is 49.4 Å². The van der Waals surface area contributed by atoms with Crippen LogP contribution in [0.5, 0.6) is 0 Å². The number of rotatable bonds is 11. The van der Waals surface area contributed by atoms with Gasteiger partial charge in [-0.1, -0.05) is 73.1 Å². The molecule has 1 heterocycles. The zero-order valence-electron chi connectivity index (χ0n) is 22.5. The summed E-state index contributed by atoms with van der Waals surface area (Å²) in [5.74, 6) is -1.64. The number of carbonyl (C=O) groups is 4. The summed E-state index contributed by atoms with van der Waals surface area (Å²) in [6.45, 7) is 4.09. The van der Waals surface area contributed by atoms with Gasteiger partial charge in [-0.25, -0.2) is 0 Å². The normalized spacial score (nSPS) is 19.9. The zero-order valence-corrected chi connectivity index (χ0v) is 23.3. The third-order valence-electron chi connectivity index (χ3n) is 7.66. The molecule has 39 heavy (non-hydrogen) atoms. The van der Waals surface area contributed by atoms with E-state index in [0.29, 0.717) is 24.3 Å². The quantitative estimate of drug-likeness (QED) is 0.329. The minimum absolute atomic E-state index is 0.000580. The lowest BCUT2D eigenvalue weighted by molar-refractivity contribution is -0.144. The number of amides is 4. The van der Waals surface area contributed by atoms with E-state index in [9.17, 15) is 19.2 Å². The van der Waals surface area contributed by atoms with Crippen molar-refractivity contribution in [2.24, 2.45) is 11.8 Å². The molecule has 0 bridgehead atoms.